The zero-order chi connectivity index (χ0) is 17.6. The van der Waals surface area contributed by atoms with Crippen LogP contribution in [0.3, 0.4) is 0 Å². The number of nitrogens with one attached hydrogen (secondary N) is 1. The number of methoxy groups -OCH3 is 2. The fourth-order valence-electron chi connectivity index (χ4n) is 2.40. The molecule has 0 saturated carbocycles. The summed E-state index contributed by atoms with van der Waals surface area (Å²) in [5, 5.41) is 2.83. The van der Waals surface area contributed by atoms with E-state index in [-0.39, 0.29) is 12.7 Å². The molecule has 0 radical (unpaired) electrons. The Hall–Kier alpha value is -3.15. The van der Waals surface area contributed by atoms with E-state index >= 15 is 0 Å². The third-order valence-corrected chi connectivity index (χ3v) is 3.70. The molecule has 25 heavy (non-hydrogen) atoms. The molecule has 0 saturated heterocycles. The van der Waals surface area contributed by atoms with Crippen molar-refractivity contribution in [1.29, 1.82) is 0 Å². The zero-order valence-corrected chi connectivity index (χ0v) is 14.1. The Morgan fingerprint density at radius 1 is 1.08 bits per heavy atom. The molecule has 0 spiro atoms. The van der Waals surface area contributed by atoms with Crippen molar-refractivity contribution in [1.82, 2.24) is 5.32 Å². The van der Waals surface area contributed by atoms with Gasteiger partial charge < -0.3 is 24.3 Å². The predicted octanol–water partition coefficient (Wildman–Crippen LogP) is 2.76. The molecule has 1 aliphatic rings. The van der Waals surface area contributed by atoms with Crippen molar-refractivity contribution in [3.8, 4) is 23.0 Å². The molecular formula is C19H19NO5. The number of amides is 1. The molecule has 3 rings (SSSR count). The van der Waals surface area contributed by atoms with Crippen LogP contribution in [0.5, 0.6) is 23.0 Å². The molecule has 0 atom stereocenters. The van der Waals surface area contributed by atoms with Gasteiger partial charge in [0.1, 0.15) is 11.5 Å². The Balaban J connectivity index is 1.59. The lowest BCUT2D eigenvalue weighted by Gasteiger charge is -2.06. The molecule has 1 amide bonds. The largest absolute Gasteiger partial charge is 0.497 e. The van der Waals surface area contributed by atoms with Crippen LogP contribution in [0.15, 0.2) is 42.5 Å². The lowest BCUT2D eigenvalue weighted by molar-refractivity contribution is -0.116. The Labute approximate surface area is 146 Å². The molecule has 0 aliphatic carbocycles. The first-order chi connectivity index (χ1) is 12.2. The highest BCUT2D eigenvalue weighted by molar-refractivity contribution is 5.91. The van der Waals surface area contributed by atoms with E-state index in [9.17, 15) is 4.79 Å². The molecule has 0 bridgehead atoms. The van der Waals surface area contributed by atoms with Crippen LogP contribution in [0.25, 0.3) is 6.08 Å². The van der Waals surface area contributed by atoms with Crippen molar-refractivity contribution in [2.45, 2.75) is 6.54 Å². The molecule has 130 valence electrons. The molecule has 1 N–H and O–H groups in total. The minimum absolute atomic E-state index is 0.195. The Morgan fingerprint density at radius 2 is 1.80 bits per heavy atom. The maximum atomic E-state index is 12.0. The smallest absolute Gasteiger partial charge is 0.244 e. The Bertz CT molecular complexity index is 778. The number of hydrogen-bond donors (Lipinski definition) is 1. The van der Waals surface area contributed by atoms with Crippen molar-refractivity contribution in [3.05, 3.63) is 53.6 Å². The fourth-order valence-corrected chi connectivity index (χ4v) is 2.40. The number of rotatable bonds is 6. The molecule has 0 aromatic heterocycles. The minimum atomic E-state index is -0.195. The maximum Gasteiger partial charge on any atom is 0.244 e. The van der Waals surface area contributed by atoms with Crippen LogP contribution in [-0.2, 0) is 11.3 Å². The van der Waals surface area contributed by atoms with E-state index in [2.05, 4.69) is 5.32 Å². The number of benzene rings is 2. The standard InChI is InChI=1S/C19H19NO5/c1-22-15-7-13(8-16(10-15)23-2)4-6-19(21)20-11-14-3-5-17-18(9-14)25-12-24-17/h3-10H,11-12H2,1-2H3,(H,20,21)/b6-4+. The summed E-state index contributed by atoms with van der Waals surface area (Å²) in [5.74, 6) is 2.56. The van der Waals surface area contributed by atoms with Gasteiger partial charge in [-0.1, -0.05) is 6.07 Å². The first kappa shape index (κ1) is 16.7. The van der Waals surface area contributed by atoms with Crippen molar-refractivity contribution < 1.29 is 23.7 Å². The Kier molecular flexibility index (Phi) is 5.09. The number of fused-ring (bicyclic) bond motifs is 1. The SMILES string of the molecule is COc1cc(/C=C/C(=O)NCc2ccc3c(c2)OCO3)cc(OC)c1. The van der Waals surface area contributed by atoms with Crippen LogP contribution in [-0.4, -0.2) is 26.9 Å². The molecule has 0 unspecified atom stereocenters. The van der Waals surface area contributed by atoms with Crippen LogP contribution in [0.2, 0.25) is 0 Å². The van der Waals surface area contributed by atoms with E-state index in [1.165, 1.54) is 6.08 Å². The lowest BCUT2D eigenvalue weighted by atomic mass is 10.1. The monoisotopic (exact) mass is 341 g/mol. The van der Waals surface area contributed by atoms with Gasteiger partial charge in [-0.3, -0.25) is 4.79 Å². The van der Waals surface area contributed by atoms with Gasteiger partial charge in [-0.2, -0.15) is 0 Å². The first-order valence-corrected chi connectivity index (χ1v) is 7.75. The molecule has 2 aromatic rings. The highest BCUT2D eigenvalue weighted by Gasteiger charge is 2.13. The highest BCUT2D eigenvalue weighted by Crippen LogP contribution is 2.32. The van der Waals surface area contributed by atoms with Crippen LogP contribution in [0, 0.1) is 0 Å². The minimum Gasteiger partial charge on any atom is -0.497 e. The molecule has 1 heterocycles. The third-order valence-electron chi connectivity index (χ3n) is 3.70. The van der Waals surface area contributed by atoms with Gasteiger partial charge in [0.05, 0.1) is 14.2 Å². The van der Waals surface area contributed by atoms with E-state index in [1.54, 1.807) is 26.4 Å². The average molecular weight is 341 g/mol. The van der Waals surface area contributed by atoms with E-state index in [1.807, 2.05) is 30.3 Å². The van der Waals surface area contributed by atoms with Gasteiger partial charge in [0, 0.05) is 18.7 Å². The maximum absolute atomic E-state index is 12.0. The van der Waals surface area contributed by atoms with E-state index in [0.29, 0.717) is 23.8 Å². The second-order valence-electron chi connectivity index (χ2n) is 5.38. The Morgan fingerprint density at radius 3 is 2.52 bits per heavy atom. The summed E-state index contributed by atoms with van der Waals surface area (Å²) in [6.45, 7) is 0.638. The molecule has 2 aromatic carbocycles. The van der Waals surface area contributed by atoms with Gasteiger partial charge in [-0.05, 0) is 41.5 Å². The summed E-state index contributed by atoms with van der Waals surface area (Å²) in [6, 6.07) is 11.0. The summed E-state index contributed by atoms with van der Waals surface area (Å²) in [7, 11) is 3.17. The van der Waals surface area contributed by atoms with Crippen molar-refractivity contribution in [3.63, 3.8) is 0 Å². The van der Waals surface area contributed by atoms with E-state index in [0.717, 1.165) is 16.9 Å². The third kappa shape index (κ3) is 4.23. The molecule has 6 nitrogen and oxygen atoms in total. The topological polar surface area (TPSA) is 66.0 Å². The fraction of sp³-hybridized carbons (Fsp3) is 0.211. The number of carbonyl (C=O) groups excluding carboxylic acids is 1. The van der Waals surface area contributed by atoms with Gasteiger partial charge in [0.2, 0.25) is 12.7 Å². The van der Waals surface area contributed by atoms with Crippen LogP contribution < -0.4 is 24.3 Å². The normalized spacial score (nSPS) is 12.2. The van der Waals surface area contributed by atoms with Crippen LogP contribution in [0.1, 0.15) is 11.1 Å². The highest BCUT2D eigenvalue weighted by atomic mass is 16.7. The molecule has 6 heteroatoms. The number of ether oxygens (including phenoxy) is 4. The first-order valence-electron chi connectivity index (χ1n) is 7.75. The molecule has 0 fully saturated rings. The summed E-state index contributed by atoms with van der Waals surface area (Å²) in [5.41, 5.74) is 1.75. The number of carbonyl (C=O) groups is 1. The van der Waals surface area contributed by atoms with Crippen LogP contribution in [0.4, 0.5) is 0 Å². The van der Waals surface area contributed by atoms with Gasteiger partial charge in [0.25, 0.3) is 0 Å². The van der Waals surface area contributed by atoms with Gasteiger partial charge in [0.15, 0.2) is 11.5 Å². The van der Waals surface area contributed by atoms with Gasteiger partial charge >= 0.3 is 0 Å². The molecular weight excluding hydrogens is 322 g/mol. The summed E-state index contributed by atoms with van der Waals surface area (Å²) >= 11 is 0. The zero-order valence-electron chi connectivity index (χ0n) is 14.1. The summed E-state index contributed by atoms with van der Waals surface area (Å²) in [4.78, 5) is 12.0. The lowest BCUT2D eigenvalue weighted by Crippen LogP contribution is -2.20. The van der Waals surface area contributed by atoms with Gasteiger partial charge in [-0.15, -0.1) is 0 Å². The summed E-state index contributed by atoms with van der Waals surface area (Å²) in [6.07, 6.45) is 3.18. The number of hydrogen-bond acceptors (Lipinski definition) is 5. The predicted molar refractivity (Wildman–Crippen MR) is 93.0 cm³/mol. The second-order valence-corrected chi connectivity index (χ2v) is 5.38. The molecule has 1 aliphatic heterocycles. The van der Waals surface area contributed by atoms with Crippen molar-refractivity contribution >= 4 is 12.0 Å². The van der Waals surface area contributed by atoms with E-state index < -0.39 is 0 Å². The van der Waals surface area contributed by atoms with Crippen molar-refractivity contribution in [2.24, 2.45) is 0 Å². The quantitative estimate of drug-likeness (QED) is 0.819. The van der Waals surface area contributed by atoms with E-state index in [4.69, 9.17) is 18.9 Å². The van der Waals surface area contributed by atoms with Crippen LogP contribution >= 0.6 is 0 Å². The summed E-state index contributed by atoms with van der Waals surface area (Å²) < 4.78 is 21.0. The van der Waals surface area contributed by atoms with Gasteiger partial charge in [-0.25, -0.2) is 0 Å². The van der Waals surface area contributed by atoms with Crippen molar-refractivity contribution in [2.75, 3.05) is 21.0 Å². The average Bonchev–Trinajstić information content (AvgIpc) is 3.12. The second kappa shape index (κ2) is 7.61.